The Bertz CT molecular complexity index is 1310. The maximum absolute atomic E-state index is 13.2. The molecule has 33 heavy (non-hydrogen) atoms. The third-order valence-electron chi connectivity index (χ3n) is 5.63. The number of phenols is 1. The fourth-order valence-electron chi connectivity index (χ4n) is 3.93. The molecule has 8 heteroatoms. The molecule has 166 valence electrons. The minimum atomic E-state index is -0.957. The first-order valence-electron chi connectivity index (χ1n) is 10.1. The van der Waals surface area contributed by atoms with Gasteiger partial charge in [-0.25, -0.2) is 0 Å². The third-order valence-corrected chi connectivity index (χ3v) is 5.63. The Morgan fingerprint density at radius 3 is 2.21 bits per heavy atom. The standard InChI is InChI=1S/C25H20N2O6/c1-14-3-4-15(2)20(13-14)26-22(16-7-11-19(28)12-8-16)21(24(30)25(26)31)23(29)17-5-9-18(10-6-17)27(32)33/h3-13,22,28-29H,1-2H3/b23-21-. The van der Waals surface area contributed by atoms with Gasteiger partial charge in [-0.05, 0) is 60.9 Å². The molecule has 1 fully saturated rings. The average Bonchev–Trinajstić information content (AvgIpc) is 3.06. The number of aromatic hydroxyl groups is 1. The molecule has 0 spiro atoms. The number of amides is 1. The summed E-state index contributed by atoms with van der Waals surface area (Å²) >= 11 is 0. The smallest absolute Gasteiger partial charge is 0.300 e. The van der Waals surface area contributed by atoms with E-state index >= 15 is 0 Å². The zero-order chi connectivity index (χ0) is 23.9. The molecule has 1 saturated heterocycles. The minimum absolute atomic E-state index is 0.0119. The van der Waals surface area contributed by atoms with Gasteiger partial charge in [0, 0.05) is 23.4 Å². The number of aliphatic hydroxyl groups is 1. The van der Waals surface area contributed by atoms with Crippen molar-refractivity contribution in [3.05, 3.63) is 105 Å². The number of Topliss-reactive ketones (excluding diaryl/α,β-unsaturated/α-hetero) is 1. The van der Waals surface area contributed by atoms with Gasteiger partial charge in [0.1, 0.15) is 11.5 Å². The fourth-order valence-corrected chi connectivity index (χ4v) is 3.93. The van der Waals surface area contributed by atoms with Gasteiger partial charge < -0.3 is 10.2 Å². The van der Waals surface area contributed by atoms with Crippen molar-refractivity contribution in [1.82, 2.24) is 0 Å². The van der Waals surface area contributed by atoms with E-state index in [4.69, 9.17) is 0 Å². The summed E-state index contributed by atoms with van der Waals surface area (Å²) in [6, 6.07) is 15.7. The Morgan fingerprint density at radius 2 is 1.61 bits per heavy atom. The molecule has 0 aromatic heterocycles. The maximum Gasteiger partial charge on any atom is 0.300 e. The minimum Gasteiger partial charge on any atom is -0.508 e. The van der Waals surface area contributed by atoms with Crippen LogP contribution in [0, 0.1) is 24.0 Å². The molecule has 2 N–H and O–H groups in total. The number of nitrogens with zero attached hydrogens (tertiary/aromatic N) is 2. The molecule has 1 aliphatic heterocycles. The van der Waals surface area contributed by atoms with E-state index in [1.165, 1.54) is 41.3 Å². The third kappa shape index (κ3) is 3.82. The summed E-state index contributed by atoms with van der Waals surface area (Å²) in [5.41, 5.74) is 2.55. The molecule has 1 heterocycles. The molecule has 0 aliphatic carbocycles. The van der Waals surface area contributed by atoms with Gasteiger partial charge in [0.15, 0.2) is 0 Å². The number of benzene rings is 3. The van der Waals surface area contributed by atoms with Crippen molar-refractivity contribution in [3.8, 4) is 5.75 Å². The summed E-state index contributed by atoms with van der Waals surface area (Å²) in [5.74, 6) is -2.10. The van der Waals surface area contributed by atoms with Crippen molar-refractivity contribution in [3.63, 3.8) is 0 Å². The van der Waals surface area contributed by atoms with Crippen LogP contribution >= 0.6 is 0 Å². The van der Waals surface area contributed by atoms with Gasteiger partial charge in [0.25, 0.3) is 17.4 Å². The van der Waals surface area contributed by atoms with Gasteiger partial charge in [-0.3, -0.25) is 24.6 Å². The number of hydrogen-bond donors (Lipinski definition) is 2. The van der Waals surface area contributed by atoms with Gasteiger partial charge in [-0.15, -0.1) is 0 Å². The number of carbonyl (C=O) groups excluding carboxylic acids is 2. The normalized spacial score (nSPS) is 17.4. The van der Waals surface area contributed by atoms with Crippen molar-refractivity contribution in [1.29, 1.82) is 0 Å². The second kappa shape index (κ2) is 8.23. The number of ketones is 1. The first-order valence-corrected chi connectivity index (χ1v) is 10.1. The number of hydrogen-bond acceptors (Lipinski definition) is 6. The van der Waals surface area contributed by atoms with Crippen molar-refractivity contribution < 1.29 is 24.7 Å². The first-order chi connectivity index (χ1) is 15.7. The number of aliphatic hydroxyl groups excluding tert-OH is 1. The van der Waals surface area contributed by atoms with Crippen LogP contribution in [0.25, 0.3) is 5.76 Å². The lowest BCUT2D eigenvalue weighted by Crippen LogP contribution is -2.30. The highest BCUT2D eigenvalue weighted by Gasteiger charge is 2.47. The number of phenolic OH excluding ortho intramolecular Hbond substituents is 1. The van der Waals surface area contributed by atoms with Crippen molar-refractivity contribution in [2.75, 3.05) is 4.90 Å². The van der Waals surface area contributed by atoms with E-state index in [1.54, 1.807) is 18.2 Å². The van der Waals surface area contributed by atoms with Gasteiger partial charge >= 0.3 is 0 Å². The highest BCUT2D eigenvalue weighted by atomic mass is 16.6. The van der Waals surface area contributed by atoms with Gasteiger partial charge in [-0.1, -0.05) is 24.3 Å². The summed E-state index contributed by atoms with van der Waals surface area (Å²) < 4.78 is 0. The lowest BCUT2D eigenvalue weighted by atomic mass is 9.94. The first kappa shape index (κ1) is 21.8. The number of non-ortho nitro benzene ring substituents is 1. The Morgan fingerprint density at radius 1 is 0.970 bits per heavy atom. The molecule has 0 radical (unpaired) electrons. The number of aryl methyl sites for hydroxylation is 2. The van der Waals surface area contributed by atoms with Gasteiger partial charge in [0.2, 0.25) is 0 Å². The molecular weight excluding hydrogens is 424 g/mol. The van der Waals surface area contributed by atoms with Crippen LogP contribution in [0.1, 0.15) is 28.3 Å². The summed E-state index contributed by atoms with van der Waals surface area (Å²) in [6.07, 6.45) is 0. The number of nitro benzene ring substituents is 1. The fraction of sp³-hybridized carbons (Fsp3) is 0.120. The van der Waals surface area contributed by atoms with Gasteiger partial charge in [0.05, 0.1) is 16.5 Å². The lowest BCUT2D eigenvalue weighted by Gasteiger charge is -2.27. The monoisotopic (exact) mass is 444 g/mol. The zero-order valence-electron chi connectivity index (χ0n) is 17.9. The van der Waals surface area contributed by atoms with E-state index in [-0.39, 0.29) is 22.6 Å². The summed E-state index contributed by atoms with van der Waals surface area (Å²) in [4.78, 5) is 38.1. The van der Waals surface area contributed by atoms with Crippen LogP contribution in [-0.4, -0.2) is 26.8 Å². The van der Waals surface area contributed by atoms with Crippen LogP contribution in [0.5, 0.6) is 5.75 Å². The molecule has 8 nitrogen and oxygen atoms in total. The predicted octanol–water partition coefficient (Wildman–Crippen LogP) is 4.54. The largest absolute Gasteiger partial charge is 0.508 e. The molecule has 1 aliphatic rings. The highest BCUT2D eigenvalue weighted by molar-refractivity contribution is 6.51. The number of rotatable bonds is 4. The SMILES string of the molecule is Cc1ccc(C)c(N2C(=O)C(=O)/C(=C(\O)c3ccc([N+](=O)[O-])cc3)C2c2ccc(O)cc2)c1. The van der Waals surface area contributed by atoms with E-state index in [0.29, 0.717) is 11.3 Å². The van der Waals surface area contributed by atoms with Crippen LogP contribution in [0.3, 0.4) is 0 Å². The molecule has 1 atom stereocenters. The maximum atomic E-state index is 13.2. The second-order valence-electron chi connectivity index (χ2n) is 7.85. The molecular formula is C25H20N2O6. The van der Waals surface area contributed by atoms with E-state index in [9.17, 15) is 29.9 Å². The van der Waals surface area contributed by atoms with Crippen LogP contribution in [-0.2, 0) is 9.59 Å². The van der Waals surface area contributed by atoms with Crippen LogP contribution < -0.4 is 4.90 Å². The number of nitro groups is 1. The lowest BCUT2D eigenvalue weighted by molar-refractivity contribution is -0.384. The molecule has 0 bridgehead atoms. The molecule has 0 saturated carbocycles. The molecule has 4 rings (SSSR count). The Balaban J connectivity index is 1.95. The number of anilines is 1. The summed E-state index contributed by atoms with van der Waals surface area (Å²) in [7, 11) is 0. The van der Waals surface area contributed by atoms with Crippen molar-refractivity contribution in [2.24, 2.45) is 0 Å². The highest BCUT2D eigenvalue weighted by Crippen LogP contribution is 2.43. The number of carbonyl (C=O) groups is 2. The summed E-state index contributed by atoms with van der Waals surface area (Å²) in [5, 5.41) is 31.8. The van der Waals surface area contributed by atoms with Crippen LogP contribution in [0.4, 0.5) is 11.4 Å². The predicted molar refractivity (Wildman–Crippen MR) is 122 cm³/mol. The second-order valence-corrected chi connectivity index (χ2v) is 7.85. The molecule has 1 amide bonds. The van der Waals surface area contributed by atoms with Crippen LogP contribution in [0.2, 0.25) is 0 Å². The van der Waals surface area contributed by atoms with E-state index in [0.717, 1.165) is 11.1 Å². The van der Waals surface area contributed by atoms with E-state index in [2.05, 4.69) is 0 Å². The van der Waals surface area contributed by atoms with Crippen molar-refractivity contribution in [2.45, 2.75) is 19.9 Å². The zero-order valence-corrected chi connectivity index (χ0v) is 17.9. The van der Waals surface area contributed by atoms with Crippen molar-refractivity contribution >= 4 is 28.8 Å². The topological polar surface area (TPSA) is 121 Å². The average molecular weight is 444 g/mol. The van der Waals surface area contributed by atoms with E-state index < -0.39 is 28.4 Å². The van der Waals surface area contributed by atoms with E-state index in [1.807, 2.05) is 26.0 Å². The Labute approximate surface area is 189 Å². The molecule has 3 aromatic rings. The van der Waals surface area contributed by atoms with Gasteiger partial charge in [-0.2, -0.15) is 0 Å². The Hall–Kier alpha value is -4.46. The molecule has 1 unspecified atom stereocenters. The quantitative estimate of drug-likeness (QED) is 0.200. The van der Waals surface area contributed by atoms with Crippen LogP contribution in [0.15, 0.2) is 72.3 Å². The summed E-state index contributed by atoms with van der Waals surface area (Å²) in [6.45, 7) is 3.68. The molecule has 3 aromatic carbocycles. The Kier molecular flexibility index (Phi) is 5.43.